The summed E-state index contributed by atoms with van der Waals surface area (Å²) < 4.78 is 11.1. The van der Waals surface area contributed by atoms with E-state index in [2.05, 4.69) is 4.99 Å². The smallest absolute Gasteiger partial charge is 0.201 e. The maximum Gasteiger partial charge on any atom is 0.201 e. The lowest BCUT2D eigenvalue weighted by Gasteiger charge is -2.06. The van der Waals surface area contributed by atoms with Crippen molar-refractivity contribution < 1.29 is 9.35 Å². The SMILES string of the molecule is CC(=O)c1ccc2c(c1)=NC[S+]([O-])C=2. The van der Waals surface area contributed by atoms with Crippen molar-refractivity contribution in [1.82, 2.24) is 0 Å². The van der Waals surface area contributed by atoms with Crippen molar-refractivity contribution in [2.75, 3.05) is 5.88 Å². The van der Waals surface area contributed by atoms with Crippen molar-refractivity contribution in [3.05, 3.63) is 34.3 Å². The van der Waals surface area contributed by atoms with E-state index in [1.165, 1.54) is 6.92 Å². The van der Waals surface area contributed by atoms with Crippen LogP contribution in [0.2, 0.25) is 0 Å². The van der Waals surface area contributed by atoms with Crippen LogP contribution < -0.4 is 10.6 Å². The van der Waals surface area contributed by atoms with Gasteiger partial charge in [0.2, 0.25) is 5.88 Å². The van der Waals surface area contributed by atoms with Crippen LogP contribution in [0.3, 0.4) is 0 Å². The number of carbonyl (C=O) groups is 1. The van der Waals surface area contributed by atoms with Gasteiger partial charge in [-0.15, -0.1) is 0 Å². The van der Waals surface area contributed by atoms with Crippen molar-refractivity contribution in [2.24, 2.45) is 4.99 Å². The average Bonchev–Trinajstić information content (AvgIpc) is 2.16. The predicted molar refractivity (Wildman–Crippen MR) is 54.7 cm³/mol. The van der Waals surface area contributed by atoms with E-state index in [-0.39, 0.29) is 5.78 Å². The Morgan fingerprint density at radius 1 is 1.57 bits per heavy atom. The number of hydrogen-bond acceptors (Lipinski definition) is 3. The summed E-state index contributed by atoms with van der Waals surface area (Å²) in [7, 11) is 0. The van der Waals surface area contributed by atoms with E-state index in [1.807, 2.05) is 0 Å². The van der Waals surface area contributed by atoms with E-state index in [0.717, 1.165) is 10.6 Å². The molecule has 2 rings (SSSR count). The number of nitrogens with zero attached hydrogens (tertiary/aromatic N) is 1. The molecule has 0 saturated carbocycles. The first-order valence-corrected chi connectivity index (χ1v) is 5.59. The summed E-state index contributed by atoms with van der Waals surface area (Å²) in [6.45, 7) is 1.52. The Hall–Kier alpha value is -1.13. The van der Waals surface area contributed by atoms with Crippen LogP contribution in [0, 0.1) is 0 Å². The number of fused-ring (bicyclic) bond motifs is 1. The van der Waals surface area contributed by atoms with E-state index >= 15 is 0 Å². The molecule has 4 heteroatoms. The van der Waals surface area contributed by atoms with Gasteiger partial charge in [0.05, 0.1) is 5.36 Å². The first kappa shape index (κ1) is 9.43. The Morgan fingerprint density at radius 3 is 3.07 bits per heavy atom. The van der Waals surface area contributed by atoms with Gasteiger partial charge in [-0.25, -0.2) is 4.99 Å². The van der Waals surface area contributed by atoms with Crippen LogP contribution in [-0.2, 0) is 11.2 Å². The summed E-state index contributed by atoms with van der Waals surface area (Å²) >= 11 is -0.995. The van der Waals surface area contributed by atoms with Crippen LogP contribution >= 0.6 is 0 Å². The number of benzene rings is 1. The summed E-state index contributed by atoms with van der Waals surface area (Å²) in [6.07, 6.45) is 0. The minimum absolute atomic E-state index is 0.0229. The third-order valence-corrected chi connectivity index (χ3v) is 2.96. The largest absolute Gasteiger partial charge is 0.610 e. The normalized spacial score (nSPS) is 19.1. The van der Waals surface area contributed by atoms with Crippen molar-refractivity contribution in [2.45, 2.75) is 6.92 Å². The second-order valence-electron chi connectivity index (χ2n) is 3.12. The Balaban J connectivity index is 2.63. The zero-order valence-corrected chi connectivity index (χ0v) is 8.50. The molecule has 1 aromatic rings. The highest BCUT2D eigenvalue weighted by molar-refractivity contribution is 7.98. The zero-order valence-electron chi connectivity index (χ0n) is 7.69. The number of carbonyl (C=O) groups excluding carboxylic acids is 1. The molecule has 0 aliphatic carbocycles. The molecule has 1 heterocycles. The Kier molecular flexibility index (Phi) is 2.39. The van der Waals surface area contributed by atoms with Crippen molar-refractivity contribution in [3.63, 3.8) is 0 Å². The second-order valence-corrected chi connectivity index (χ2v) is 4.37. The Morgan fingerprint density at radius 2 is 2.36 bits per heavy atom. The number of rotatable bonds is 1. The summed E-state index contributed by atoms with van der Waals surface area (Å²) in [5.74, 6) is 0.323. The molecule has 0 saturated heterocycles. The molecule has 1 aromatic carbocycles. The average molecular weight is 207 g/mol. The van der Waals surface area contributed by atoms with Gasteiger partial charge in [0.25, 0.3) is 0 Å². The zero-order chi connectivity index (χ0) is 10.1. The molecule has 0 amide bonds. The Bertz CT molecular complexity index is 495. The maximum atomic E-state index is 11.1. The van der Waals surface area contributed by atoms with E-state index in [1.54, 1.807) is 23.6 Å². The molecular weight excluding hydrogens is 198 g/mol. The third-order valence-electron chi connectivity index (χ3n) is 2.06. The van der Waals surface area contributed by atoms with E-state index in [4.69, 9.17) is 0 Å². The second kappa shape index (κ2) is 3.55. The highest BCUT2D eigenvalue weighted by atomic mass is 32.2. The van der Waals surface area contributed by atoms with Crippen LogP contribution in [-0.4, -0.2) is 16.2 Å². The molecule has 1 aliphatic rings. The lowest BCUT2D eigenvalue weighted by Crippen LogP contribution is -2.31. The van der Waals surface area contributed by atoms with Gasteiger partial charge in [0.1, 0.15) is 5.41 Å². The number of hydrogen-bond donors (Lipinski definition) is 0. The van der Waals surface area contributed by atoms with Crippen LogP contribution in [0.1, 0.15) is 17.3 Å². The highest BCUT2D eigenvalue weighted by Crippen LogP contribution is 1.98. The van der Waals surface area contributed by atoms with Crippen LogP contribution in [0.5, 0.6) is 0 Å². The summed E-state index contributed by atoms with van der Waals surface area (Å²) in [5, 5.41) is 3.28. The van der Waals surface area contributed by atoms with Crippen molar-refractivity contribution >= 4 is 22.4 Å². The van der Waals surface area contributed by atoms with Gasteiger partial charge < -0.3 is 4.55 Å². The molecule has 0 bridgehead atoms. The van der Waals surface area contributed by atoms with Gasteiger partial charge in [0, 0.05) is 22.0 Å². The monoisotopic (exact) mass is 207 g/mol. The summed E-state index contributed by atoms with van der Waals surface area (Å²) in [5.41, 5.74) is 0.647. The molecule has 0 radical (unpaired) electrons. The summed E-state index contributed by atoms with van der Waals surface area (Å²) in [6, 6.07) is 5.26. The van der Waals surface area contributed by atoms with Gasteiger partial charge in [-0.05, 0) is 19.1 Å². The minimum atomic E-state index is -0.995. The quantitative estimate of drug-likeness (QED) is 0.479. The minimum Gasteiger partial charge on any atom is -0.610 e. The molecule has 14 heavy (non-hydrogen) atoms. The van der Waals surface area contributed by atoms with Gasteiger partial charge in [-0.1, -0.05) is 6.07 Å². The van der Waals surface area contributed by atoms with E-state index in [9.17, 15) is 9.35 Å². The third kappa shape index (κ3) is 1.71. The number of ketones is 1. The standard InChI is InChI=1S/C10H9NO2S/c1-7(12)8-2-3-9-5-14(13)6-11-10(9)4-8/h2-5H,6H2,1H3. The molecule has 72 valence electrons. The maximum absolute atomic E-state index is 11.1. The molecule has 3 nitrogen and oxygen atoms in total. The topological polar surface area (TPSA) is 52.5 Å². The lowest BCUT2D eigenvalue weighted by atomic mass is 10.1. The molecule has 0 N–H and O–H groups in total. The van der Waals surface area contributed by atoms with Gasteiger partial charge in [-0.3, -0.25) is 4.79 Å². The van der Waals surface area contributed by atoms with E-state index < -0.39 is 11.2 Å². The molecular formula is C10H9NO2S. The van der Waals surface area contributed by atoms with Crippen LogP contribution in [0.15, 0.2) is 23.2 Å². The molecule has 0 fully saturated rings. The lowest BCUT2D eigenvalue weighted by molar-refractivity contribution is 0.101. The highest BCUT2D eigenvalue weighted by Gasteiger charge is 2.07. The Labute approximate surface area is 84.3 Å². The van der Waals surface area contributed by atoms with Crippen LogP contribution in [0.25, 0.3) is 5.41 Å². The van der Waals surface area contributed by atoms with Gasteiger partial charge in [-0.2, -0.15) is 0 Å². The first-order chi connectivity index (χ1) is 6.66. The van der Waals surface area contributed by atoms with Crippen LogP contribution in [0.4, 0.5) is 0 Å². The van der Waals surface area contributed by atoms with E-state index in [0.29, 0.717) is 11.4 Å². The molecule has 0 spiro atoms. The first-order valence-electron chi connectivity index (χ1n) is 4.21. The fraction of sp³-hybridized carbons (Fsp3) is 0.200. The van der Waals surface area contributed by atoms with Crippen molar-refractivity contribution in [1.29, 1.82) is 0 Å². The molecule has 1 aliphatic heterocycles. The fourth-order valence-corrected chi connectivity index (χ4v) is 2.13. The molecule has 0 aromatic heterocycles. The van der Waals surface area contributed by atoms with Gasteiger partial charge in [0.15, 0.2) is 5.78 Å². The predicted octanol–water partition coefficient (Wildman–Crippen LogP) is -0.0334. The number of Topliss-reactive ketones (excluding diaryl/α,β-unsaturated/α-hetero) is 1. The van der Waals surface area contributed by atoms with Gasteiger partial charge >= 0.3 is 0 Å². The molecule has 1 atom stereocenters. The fourth-order valence-electron chi connectivity index (χ4n) is 1.31. The van der Waals surface area contributed by atoms with Crippen molar-refractivity contribution in [3.8, 4) is 0 Å². The molecule has 1 unspecified atom stereocenters. The summed E-state index contributed by atoms with van der Waals surface area (Å²) in [4.78, 5) is 15.2.